The molecule has 2 aliphatic carbocycles. The van der Waals surface area contributed by atoms with Gasteiger partial charge in [0.2, 0.25) is 0 Å². The fourth-order valence-corrected chi connectivity index (χ4v) is 3.69. The smallest absolute Gasteiger partial charge is 0.106 e. The van der Waals surface area contributed by atoms with Gasteiger partial charge in [-0.1, -0.05) is 84.9 Å². The molecule has 0 amide bonds. The number of aryl methyl sites for hydroxylation is 1. The fourth-order valence-electron chi connectivity index (χ4n) is 3.69. The van der Waals surface area contributed by atoms with E-state index in [1.165, 1.54) is 52.0 Å². The fraction of sp³-hybridized carbons (Fsp3) is 0.160. The molecule has 1 heteroatoms. The highest BCUT2D eigenvalue weighted by Gasteiger charge is 2.13. The number of benzene rings is 3. The highest BCUT2D eigenvalue weighted by Crippen LogP contribution is 2.24. The largest absolute Gasteiger partial charge is 0.307 e. The van der Waals surface area contributed by atoms with Crippen molar-refractivity contribution in [3.8, 4) is 11.1 Å². The van der Waals surface area contributed by atoms with Crippen LogP contribution in [0.4, 0.5) is 0 Å². The van der Waals surface area contributed by atoms with E-state index in [4.69, 9.17) is 4.79 Å². The second-order valence-corrected chi connectivity index (χ2v) is 6.42. The van der Waals surface area contributed by atoms with Crippen molar-refractivity contribution in [2.75, 3.05) is 0 Å². The maximum absolute atomic E-state index is 8.00. The van der Waals surface area contributed by atoms with E-state index >= 15 is 0 Å². The van der Waals surface area contributed by atoms with Crippen molar-refractivity contribution in [1.82, 2.24) is 0 Å². The normalized spacial score (nSPS) is 12.9. The Morgan fingerprint density at radius 3 is 2.04 bits per heavy atom. The zero-order chi connectivity index (χ0) is 18.2. The van der Waals surface area contributed by atoms with E-state index in [9.17, 15) is 0 Å². The van der Waals surface area contributed by atoms with Gasteiger partial charge < -0.3 is 4.79 Å². The first-order chi connectivity index (χ1) is 12.9. The number of carbonyl (C=O) groups excluding carboxylic acids is 1. The van der Waals surface area contributed by atoms with Gasteiger partial charge in [0.15, 0.2) is 0 Å². The summed E-state index contributed by atoms with van der Waals surface area (Å²) in [5.41, 5.74) is 5.85. The van der Waals surface area contributed by atoms with Gasteiger partial charge in [-0.2, -0.15) is 0 Å². The molecule has 2 aliphatic rings. The molecule has 0 radical (unpaired) electrons. The number of fused-ring (bicyclic) bond motifs is 5. The summed E-state index contributed by atoms with van der Waals surface area (Å²) in [7, 11) is 0. The molecule has 0 N–H and O–H groups in total. The van der Waals surface area contributed by atoms with Crippen LogP contribution in [-0.2, 0) is 17.6 Å². The van der Waals surface area contributed by atoms with E-state index in [1.54, 1.807) is 0 Å². The molecule has 0 heterocycles. The molecule has 3 aromatic carbocycles. The third-order valence-electron chi connectivity index (χ3n) is 4.88. The highest BCUT2D eigenvalue weighted by molar-refractivity contribution is 5.74. The number of hydrogen-bond donors (Lipinski definition) is 0. The summed E-state index contributed by atoms with van der Waals surface area (Å²) in [5, 5.41) is 2.99. The quantitative estimate of drug-likeness (QED) is 0.596. The molecule has 0 fully saturated rings. The number of rotatable bonds is 0. The summed E-state index contributed by atoms with van der Waals surface area (Å²) in [6.45, 7) is 2.00. The molecule has 26 heavy (non-hydrogen) atoms. The van der Waals surface area contributed by atoms with Gasteiger partial charge in [0.05, 0.1) is 0 Å². The molecule has 5 rings (SSSR count). The van der Waals surface area contributed by atoms with Crippen molar-refractivity contribution < 1.29 is 4.79 Å². The Hall–Kier alpha value is -2.93. The van der Waals surface area contributed by atoms with Crippen molar-refractivity contribution in [3.63, 3.8) is 0 Å². The zero-order valence-electron chi connectivity index (χ0n) is 15.0. The van der Waals surface area contributed by atoms with E-state index in [1.807, 2.05) is 43.2 Å². The van der Waals surface area contributed by atoms with Gasteiger partial charge in [-0.25, -0.2) is 0 Å². The number of carbonyl (C=O) groups is 1. The topological polar surface area (TPSA) is 17.1 Å². The monoisotopic (exact) mass is 340 g/mol. The van der Waals surface area contributed by atoms with E-state index in [0.29, 0.717) is 0 Å². The summed E-state index contributed by atoms with van der Waals surface area (Å²) in [5.74, 6) is 0. The molecule has 1 nitrogen and oxygen atoms in total. The molecule has 0 spiro atoms. The molecule has 0 atom stereocenters. The van der Waals surface area contributed by atoms with Gasteiger partial charge in [0.25, 0.3) is 0 Å². The maximum atomic E-state index is 8.00. The summed E-state index contributed by atoms with van der Waals surface area (Å²) < 4.78 is 0. The van der Waals surface area contributed by atoms with Gasteiger partial charge in [-0.05, 0) is 58.4 Å². The average Bonchev–Trinajstić information content (AvgIpc) is 2.76. The van der Waals surface area contributed by atoms with Crippen molar-refractivity contribution in [2.24, 2.45) is 0 Å². The summed E-state index contributed by atoms with van der Waals surface area (Å²) in [6.07, 6.45) is 9.71. The second-order valence-electron chi connectivity index (χ2n) is 6.42. The molecule has 0 saturated heterocycles. The Morgan fingerprint density at radius 1 is 0.615 bits per heavy atom. The van der Waals surface area contributed by atoms with E-state index in [2.05, 4.69) is 48.6 Å². The Bertz CT molecular complexity index is 944. The van der Waals surface area contributed by atoms with Gasteiger partial charge in [-0.3, -0.25) is 0 Å². The van der Waals surface area contributed by atoms with Crippen LogP contribution in [0.5, 0.6) is 0 Å². The maximum Gasteiger partial charge on any atom is 0.106 e. The van der Waals surface area contributed by atoms with Crippen LogP contribution in [0.25, 0.3) is 23.3 Å². The van der Waals surface area contributed by atoms with Crippen molar-refractivity contribution in [1.29, 1.82) is 0 Å². The predicted molar refractivity (Wildman–Crippen MR) is 110 cm³/mol. The van der Waals surface area contributed by atoms with Crippen molar-refractivity contribution >= 4 is 18.9 Å². The molecule has 0 unspecified atom stereocenters. The van der Waals surface area contributed by atoms with Crippen molar-refractivity contribution in [3.05, 3.63) is 94.4 Å². The lowest BCUT2D eigenvalue weighted by Crippen LogP contribution is -2.33. The lowest BCUT2D eigenvalue weighted by atomic mass is 9.87. The molecular formula is C25H24O. The highest BCUT2D eigenvalue weighted by atomic mass is 16.1. The Labute approximate surface area is 155 Å². The van der Waals surface area contributed by atoms with E-state index in [-0.39, 0.29) is 0 Å². The summed E-state index contributed by atoms with van der Waals surface area (Å²) in [6, 6.07) is 25.5. The van der Waals surface area contributed by atoms with Gasteiger partial charge in [0, 0.05) is 0 Å². The van der Waals surface area contributed by atoms with Crippen molar-refractivity contribution in [2.45, 2.75) is 25.7 Å². The van der Waals surface area contributed by atoms with E-state index < -0.39 is 0 Å². The zero-order valence-corrected chi connectivity index (χ0v) is 15.0. The van der Waals surface area contributed by atoms with Crippen LogP contribution < -0.4 is 10.4 Å². The van der Waals surface area contributed by atoms with Crippen LogP contribution in [0.1, 0.15) is 24.0 Å². The minimum Gasteiger partial charge on any atom is -0.307 e. The number of hydrogen-bond acceptors (Lipinski definition) is 1. The van der Waals surface area contributed by atoms with Crippen LogP contribution in [0, 0.1) is 0 Å². The third kappa shape index (κ3) is 3.83. The molecule has 0 bridgehead atoms. The minimum atomic E-state index is 1.08. The van der Waals surface area contributed by atoms with Gasteiger partial charge in [0.1, 0.15) is 6.79 Å². The molecule has 130 valence electrons. The first-order valence-electron chi connectivity index (χ1n) is 9.13. The van der Waals surface area contributed by atoms with Crippen LogP contribution in [0.15, 0.2) is 72.8 Å². The van der Waals surface area contributed by atoms with Gasteiger partial charge >= 0.3 is 0 Å². The van der Waals surface area contributed by atoms with Crippen LogP contribution in [0.3, 0.4) is 0 Å². The molecule has 0 aliphatic heterocycles. The van der Waals surface area contributed by atoms with Crippen LogP contribution >= 0.6 is 0 Å². The predicted octanol–water partition coefficient (Wildman–Crippen LogP) is 4.31. The Kier molecular flexibility index (Phi) is 6.16. The molecule has 0 saturated carbocycles. The molecule has 3 aromatic rings. The van der Waals surface area contributed by atoms with Crippen LogP contribution in [0.2, 0.25) is 0 Å². The lowest BCUT2D eigenvalue weighted by molar-refractivity contribution is -0.0979. The summed E-state index contributed by atoms with van der Waals surface area (Å²) in [4.78, 5) is 8.00. The Balaban J connectivity index is 0.000000208. The average molecular weight is 340 g/mol. The standard InChI is InChI=1S/C18H16.C6H6.CH2O/c1-3-7-15-13(5-1)9-11-18-16-8-4-2-6-14(16)10-12-17(15)18;1-2-4-6-5-3-1;1-2/h1,3,5,7-8,10-12H,2,4,6,9H2;1-6H;1H2. The second kappa shape index (κ2) is 8.96. The minimum absolute atomic E-state index is 1.08. The third-order valence-corrected chi connectivity index (χ3v) is 4.88. The molecule has 0 aromatic heterocycles. The van der Waals surface area contributed by atoms with Crippen LogP contribution in [-0.4, -0.2) is 6.79 Å². The lowest BCUT2D eigenvalue weighted by Gasteiger charge is -2.17. The first-order valence-corrected chi connectivity index (χ1v) is 9.13. The summed E-state index contributed by atoms with van der Waals surface area (Å²) >= 11 is 0. The molecular weight excluding hydrogens is 316 g/mol. The van der Waals surface area contributed by atoms with E-state index in [0.717, 1.165) is 6.42 Å². The van der Waals surface area contributed by atoms with Gasteiger partial charge in [-0.15, -0.1) is 0 Å². The SMILES string of the molecule is C1=c2c(ccc3c2=CCc2ccccc2-3)CCC1.C=O.c1ccccc1. The Morgan fingerprint density at radius 2 is 1.31 bits per heavy atom. The first kappa shape index (κ1) is 17.9.